The summed E-state index contributed by atoms with van der Waals surface area (Å²) in [4.78, 5) is 12.0. The van der Waals surface area contributed by atoms with Crippen LogP contribution in [0.1, 0.15) is 32.3 Å². The molecule has 2 rings (SSSR count). The molecule has 0 saturated heterocycles. The normalized spacial score (nSPS) is 12.6. The van der Waals surface area contributed by atoms with Crippen LogP contribution in [-0.4, -0.2) is 6.10 Å². The van der Waals surface area contributed by atoms with Crippen molar-refractivity contribution in [1.29, 1.82) is 0 Å². The number of aryl methyl sites for hydroxylation is 1. The highest BCUT2D eigenvalue weighted by molar-refractivity contribution is 5.77. The van der Waals surface area contributed by atoms with Gasteiger partial charge in [-0.05, 0) is 32.4 Å². The van der Waals surface area contributed by atoms with Crippen molar-refractivity contribution in [3.8, 4) is 5.95 Å². The Morgan fingerprint density at radius 2 is 2.11 bits per heavy atom. The first-order valence-corrected chi connectivity index (χ1v) is 6.31. The van der Waals surface area contributed by atoms with E-state index in [1.807, 2.05) is 32.0 Å². The van der Waals surface area contributed by atoms with Gasteiger partial charge in [0.05, 0.1) is 17.6 Å². The molecular formula is C15H18O3. The molecule has 0 aliphatic heterocycles. The number of benzene rings is 1. The fraction of sp³-hybridized carbons (Fsp3) is 0.400. The van der Waals surface area contributed by atoms with E-state index in [1.54, 1.807) is 0 Å². The third-order valence-corrected chi connectivity index (χ3v) is 2.87. The minimum atomic E-state index is -0.0568. The quantitative estimate of drug-likeness (QED) is 0.826. The van der Waals surface area contributed by atoms with Crippen molar-refractivity contribution in [1.82, 2.24) is 0 Å². The second-order valence-corrected chi connectivity index (χ2v) is 4.65. The molecule has 0 saturated carbocycles. The third-order valence-electron chi connectivity index (χ3n) is 2.87. The molecule has 2 aromatic rings. The molecule has 0 aliphatic carbocycles. The Morgan fingerprint density at radius 1 is 1.33 bits per heavy atom. The first kappa shape index (κ1) is 12.7. The Balaban J connectivity index is 2.37. The van der Waals surface area contributed by atoms with Crippen molar-refractivity contribution >= 4 is 11.0 Å². The van der Waals surface area contributed by atoms with Gasteiger partial charge in [0.2, 0.25) is 0 Å². The van der Waals surface area contributed by atoms with Gasteiger partial charge in [-0.3, -0.25) is 4.79 Å². The third kappa shape index (κ3) is 2.73. The van der Waals surface area contributed by atoms with Crippen LogP contribution in [0.25, 0.3) is 11.0 Å². The number of fused-ring (bicyclic) bond motifs is 1. The maximum Gasteiger partial charge on any atom is 0.288 e. The van der Waals surface area contributed by atoms with Crippen molar-refractivity contribution in [3.63, 3.8) is 0 Å². The summed E-state index contributed by atoms with van der Waals surface area (Å²) in [6, 6.07) is 6.99. The van der Waals surface area contributed by atoms with E-state index in [2.05, 4.69) is 6.92 Å². The maximum absolute atomic E-state index is 12.0. The molecule has 0 spiro atoms. The lowest BCUT2D eigenvalue weighted by atomic mass is 10.1. The lowest BCUT2D eigenvalue weighted by Gasteiger charge is -2.12. The zero-order chi connectivity index (χ0) is 13.1. The van der Waals surface area contributed by atoms with E-state index in [0.29, 0.717) is 16.9 Å². The molecule has 1 heterocycles. The van der Waals surface area contributed by atoms with Crippen molar-refractivity contribution in [2.75, 3.05) is 0 Å². The molecule has 3 heteroatoms. The van der Waals surface area contributed by atoms with Gasteiger partial charge in [0.15, 0.2) is 5.43 Å². The summed E-state index contributed by atoms with van der Waals surface area (Å²) in [7, 11) is 0. The Kier molecular flexibility index (Phi) is 3.70. The largest absolute Gasteiger partial charge is 0.462 e. The monoisotopic (exact) mass is 246 g/mol. The van der Waals surface area contributed by atoms with Crippen LogP contribution in [0.2, 0.25) is 0 Å². The minimum Gasteiger partial charge on any atom is -0.462 e. The zero-order valence-corrected chi connectivity index (χ0v) is 11.0. The molecule has 1 aromatic heterocycles. The van der Waals surface area contributed by atoms with Gasteiger partial charge in [-0.15, -0.1) is 0 Å². The Hall–Kier alpha value is -1.77. The van der Waals surface area contributed by atoms with Crippen molar-refractivity contribution in [2.24, 2.45) is 0 Å². The highest BCUT2D eigenvalue weighted by Gasteiger charge is 2.09. The molecule has 0 fully saturated rings. The van der Waals surface area contributed by atoms with E-state index >= 15 is 0 Å². The Morgan fingerprint density at radius 3 is 2.83 bits per heavy atom. The molecule has 0 N–H and O–H groups in total. The number of ether oxygens (including phenoxy) is 1. The highest BCUT2D eigenvalue weighted by Crippen LogP contribution is 2.20. The first-order chi connectivity index (χ1) is 8.60. The maximum atomic E-state index is 12.0. The van der Waals surface area contributed by atoms with Crippen LogP contribution in [0, 0.1) is 6.92 Å². The number of hydrogen-bond donors (Lipinski definition) is 0. The Labute approximate surface area is 106 Å². The molecule has 3 nitrogen and oxygen atoms in total. The van der Waals surface area contributed by atoms with E-state index in [9.17, 15) is 4.79 Å². The fourth-order valence-corrected chi connectivity index (χ4v) is 1.97. The molecule has 0 radical (unpaired) electrons. The molecule has 1 atom stereocenters. The summed E-state index contributed by atoms with van der Waals surface area (Å²) >= 11 is 0. The van der Waals surface area contributed by atoms with Crippen LogP contribution >= 0.6 is 0 Å². The fourth-order valence-electron chi connectivity index (χ4n) is 1.97. The summed E-state index contributed by atoms with van der Waals surface area (Å²) < 4.78 is 11.2. The smallest absolute Gasteiger partial charge is 0.288 e. The van der Waals surface area contributed by atoms with Crippen molar-refractivity contribution < 1.29 is 9.15 Å². The van der Waals surface area contributed by atoms with Crippen molar-refractivity contribution in [2.45, 2.75) is 39.7 Å². The van der Waals surface area contributed by atoms with Gasteiger partial charge in [-0.25, -0.2) is 0 Å². The SMILES string of the molecule is CCCC(C)Oc1cc(=O)c2cc(C)ccc2o1. The van der Waals surface area contributed by atoms with Gasteiger partial charge in [-0.2, -0.15) is 0 Å². The Bertz CT molecular complexity index is 598. The predicted octanol–water partition coefficient (Wildman–Crippen LogP) is 3.67. The van der Waals surface area contributed by atoms with Crippen LogP contribution < -0.4 is 10.2 Å². The van der Waals surface area contributed by atoms with Gasteiger partial charge >= 0.3 is 0 Å². The van der Waals surface area contributed by atoms with Gasteiger partial charge in [0.25, 0.3) is 5.95 Å². The molecule has 0 aliphatic rings. The summed E-state index contributed by atoms with van der Waals surface area (Å²) in [5.74, 6) is 0.303. The molecular weight excluding hydrogens is 228 g/mol. The lowest BCUT2D eigenvalue weighted by Crippen LogP contribution is -2.12. The average Bonchev–Trinajstić information content (AvgIpc) is 2.30. The average molecular weight is 246 g/mol. The van der Waals surface area contributed by atoms with E-state index in [-0.39, 0.29) is 11.5 Å². The molecule has 0 bridgehead atoms. The van der Waals surface area contributed by atoms with Crippen LogP contribution in [-0.2, 0) is 0 Å². The van der Waals surface area contributed by atoms with Crippen LogP contribution in [0.4, 0.5) is 0 Å². The molecule has 1 aromatic carbocycles. The zero-order valence-electron chi connectivity index (χ0n) is 11.0. The minimum absolute atomic E-state index is 0.0565. The highest BCUT2D eigenvalue weighted by atomic mass is 16.6. The van der Waals surface area contributed by atoms with E-state index in [1.165, 1.54) is 6.07 Å². The van der Waals surface area contributed by atoms with Gasteiger partial charge < -0.3 is 9.15 Å². The molecule has 1 unspecified atom stereocenters. The molecule has 18 heavy (non-hydrogen) atoms. The summed E-state index contributed by atoms with van der Waals surface area (Å²) in [5, 5.41) is 0.602. The van der Waals surface area contributed by atoms with Gasteiger partial charge in [0.1, 0.15) is 5.58 Å². The van der Waals surface area contributed by atoms with Crippen molar-refractivity contribution in [3.05, 3.63) is 40.1 Å². The standard InChI is InChI=1S/C15H18O3/c1-4-5-11(3)17-15-9-13(16)12-8-10(2)6-7-14(12)18-15/h6-9,11H,4-5H2,1-3H3. The first-order valence-electron chi connectivity index (χ1n) is 6.31. The second kappa shape index (κ2) is 5.25. The summed E-state index contributed by atoms with van der Waals surface area (Å²) in [6.07, 6.45) is 2.04. The van der Waals surface area contributed by atoms with Crippen LogP contribution in [0.3, 0.4) is 0 Å². The van der Waals surface area contributed by atoms with Gasteiger partial charge in [0, 0.05) is 0 Å². The topological polar surface area (TPSA) is 39.4 Å². The predicted molar refractivity (Wildman–Crippen MR) is 72.2 cm³/mol. The van der Waals surface area contributed by atoms with Crippen LogP contribution in [0.15, 0.2) is 33.5 Å². The van der Waals surface area contributed by atoms with E-state index in [4.69, 9.17) is 9.15 Å². The summed E-state index contributed by atoms with van der Waals surface area (Å²) in [6.45, 7) is 6.02. The van der Waals surface area contributed by atoms with Gasteiger partial charge in [-0.1, -0.05) is 25.0 Å². The second-order valence-electron chi connectivity index (χ2n) is 4.65. The molecule has 0 amide bonds. The molecule has 96 valence electrons. The number of rotatable bonds is 4. The number of hydrogen-bond acceptors (Lipinski definition) is 3. The van der Waals surface area contributed by atoms with E-state index < -0.39 is 0 Å². The summed E-state index contributed by atoms with van der Waals surface area (Å²) in [5.41, 5.74) is 1.56. The van der Waals surface area contributed by atoms with E-state index in [0.717, 1.165) is 18.4 Å². The lowest BCUT2D eigenvalue weighted by molar-refractivity contribution is 0.164. The van der Waals surface area contributed by atoms with Crippen LogP contribution in [0.5, 0.6) is 5.95 Å².